The molecule has 0 radical (unpaired) electrons. The second-order valence-corrected chi connectivity index (χ2v) is 6.07. The van der Waals surface area contributed by atoms with Crippen molar-refractivity contribution in [3.63, 3.8) is 0 Å². The van der Waals surface area contributed by atoms with Crippen molar-refractivity contribution in [3.05, 3.63) is 71.8 Å². The number of rotatable bonds is 11. The molecule has 0 aliphatic heterocycles. The smallest absolute Gasteiger partial charge is 0.111 e. The number of aliphatic hydroxyl groups excluding tert-OH is 4. The number of ether oxygens (including phenoxy) is 2. The number of hydrogen-bond donors (Lipinski definition) is 4. The van der Waals surface area contributed by atoms with E-state index in [1.807, 2.05) is 60.7 Å². The monoisotopic (exact) mass is 362 g/mol. The van der Waals surface area contributed by atoms with Gasteiger partial charge in [0.05, 0.1) is 26.4 Å². The zero-order chi connectivity index (χ0) is 18.8. The van der Waals surface area contributed by atoms with E-state index in [1.54, 1.807) is 0 Å². The van der Waals surface area contributed by atoms with Gasteiger partial charge in [0.25, 0.3) is 0 Å². The molecule has 0 bridgehead atoms. The molecular formula is C20H26O6. The molecule has 2 aromatic rings. The number of benzene rings is 2. The maximum Gasteiger partial charge on any atom is 0.111 e. The third-order valence-corrected chi connectivity index (χ3v) is 4.01. The summed E-state index contributed by atoms with van der Waals surface area (Å²) in [5, 5.41) is 38.9. The van der Waals surface area contributed by atoms with Crippen LogP contribution in [0.4, 0.5) is 0 Å². The van der Waals surface area contributed by atoms with Crippen LogP contribution in [0.3, 0.4) is 0 Å². The van der Waals surface area contributed by atoms with Crippen LogP contribution >= 0.6 is 0 Å². The van der Waals surface area contributed by atoms with Gasteiger partial charge in [0.2, 0.25) is 0 Å². The van der Waals surface area contributed by atoms with E-state index >= 15 is 0 Å². The van der Waals surface area contributed by atoms with Crippen LogP contribution in [-0.4, -0.2) is 58.1 Å². The molecule has 0 saturated heterocycles. The lowest BCUT2D eigenvalue weighted by molar-refractivity contribution is -0.151. The van der Waals surface area contributed by atoms with Crippen LogP contribution in [0.25, 0.3) is 0 Å². The zero-order valence-electron chi connectivity index (χ0n) is 14.5. The Morgan fingerprint density at radius 3 is 1.81 bits per heavy atom. The number of aliphatic hydroxyl groups is 4. The molecule has 0 aliphatic rings. The Hall–Kier alpha value is -1.80. The molecule has 0 aliphatic carbocycles. The molecule has 26 heavy (non-hydrogen) atoms. The summed E-state index contributed by atoms with van der Waals surface area (Å²) >= 11 is 0. The van der Waals surface area contributed by atoms with Crippen molar-refractivity contribution in [2.75, 3.05) is 13.2 Å². The molecule has 4 N–H and O–H groups in total. The van der Waals surface area contributed by atoms with Crippen LogP contribution in [0, 0.1) is 0 Å². The quantitative estimate of drug-likeness (QED) is 0.473. The minimum absolute atomic E-state index is 0.0259. The third-order valence-electron chi connectivity index (χ3n) is 4.01. The van der Waals surface area contributed by atoms with Crippen LogP contribution in [0.1, 0.15) is 11.1 Å². The Labute approximate surface area is 153 Å². The van der Waals surface area contributed by atoms with Gasteiger partial charge < -0.3 is 29.9 Å². The normalized spacial score (nSPS) is 16.0. The standard InChI is InChI=1S/C20H26O6/c21-11-17(22)19(23)20(24)18(26-13-16-9-5-2-6-10-16)14-25-12-15-7-3-1-4-8-15/h1-10,17-24H,11-14H2/t17-,18+,19-,20-/m1/s1. The second kappa shape index (κ2) is 11.0. The van der Waals surface area contributed by atoms with E-state index in [0.29, 0.717) is 6.61 Å². The van der Waals surface area contributed by atoms with E-state index < -0.39 is 31.0 Å². The summed E-state index contributed by atoms with van der Waals surface area (Å²) in [6.45, 7) is -0.0801. The molecule has 0 amide bonds. The SMILES string of the molecule is OC[C@@H](O)[C@@H](O)[C@H](O)[C@H](COCc1ccccc1)OCc1ccccc1. The van der Waals surface area contributed by atoms with E-state index in [-0.39, 0.29) is 13.2 Å². The van der Waals surface area contributed by atoms with Crippen molar-refractivity contribution in [2.24, 2.45) is 0 Å². The number of hydrogen-bond acceptors (Lipinski definition) is 6. The summed E-state index contributed by atoms with van der Waals surface area (Å²) in [7, 11) is 0. The predicted octanol–water partition coefficient (Wildman–Crippen LogP) is 0.864. The highest BCUT2D eigenvalue weighted by Crippen LogP contribution is 2.13. The lowest BCUT2D eigenvalue weighted by Gasteiger charge is -2.29. The van der Waals surface area contributed by atoms with Gasteiger partial charge in [0, 0.05) is 0 Å². The molecule has 2 rings (SSSR count). The Balaban J connectivity index is 1.95. The van der Waals surface area contributed by atoms with Gasteiger partial charge in [-0.3, -0.25) is 0 Å². The third kappa shape index (κ3) is 6.49. The maximum absolute atomic E-state index is 10.3. The Morgan fingerprint density at radius 2 is 1.27 bits per heavy atom. The Morgan fingerprint density at radius 1 is 0.731 bits per heavy atom. The van der Waals surface area contributed by atoms with Gasteiger partial charge in [-0.05, 0) is 11.1 Å². The predicted molar refractivity (Wildman–Crippen MR) is 96.2 cm³/mol. The van der Waals surface area contributed by atoms with Gasteiger partial charge in [-0.15, -0.1) is 0 Å². The van der Waals surface area contributed by atoms with Crippen molar-refractivity contribution < 1.29 is 29.9 Å². The second-order valence-electron chi connectivity index (χ2n) is 6.07. The first-order valence-corrected chi connectivity index (χ1v) is 8.54. The van der Waals surface area contributed by atoms with Crippen molar-refractivity contribution in [1.29, 1.82) is 0 Å². The maximum atomic E-state index is 10.3. The van der Waals surface area contributed by atoms with Gasteiger partial charge >= 0.3 is 0 Å². The van der Waals surface area contributed by atoms with Gasteiger partial charge in [-0.2, -0.15) is 0 Å². The first-order chi connectivity index (χ1) is 12.6. The Bertz CT molecular complexity index is 606. The van der Waals surface area contributed by atoms with Gasteiger partial charge in [0.15, 0.2) is 0 Å². The van der Waals surface area contributed by atoms with E-state index in [0.717, 1.165) is 11.1 Å². The molecular weight excluding hydrogens is 336 g/mol. The molecule has 0 saturated carbocycles. The van der Waals surface area contributed by atoms with Crippen LogP contribution in [-0.2, 0) is 22.7 Å². The van der Waals surface area contributed by atoms with Crippen molar-refractivity contribution >= 4 is 0 Å². The fraction of sp³-hybridized carbons (Fsp3) is 0.400. The van der Waals surface area contributed by atoms with Crippen LogP contribution < -0.4 is 0 Å². The summed E-state index contributed by atoms with van der Waals surface area (Å²) in [5.41, 5.74) is 1.88. The molecule has 0 spiro atoms. The van der Waals surface area contributed by atoms with E-state index in [1.165, 1.54) is 0 Å². The molecule has 0 fully saturated rings. The lowest BCUT2D eigenvalue weighted by Crippen LogP contribution is -2.48. The fourth-order valence-corrected chi connectivity index (χ4v) is 2.45. The van der Waals surface area contributed by atoms with Crippen molar-refractivity contribution in [3.8, 4) is 0 Å². The summed E-state index contributed by atoms with van der Waals surface area (Å²) in [6.07, 6.45) is -5.27. The minimum Gasteiger partial charge on any atom is -0.394 e. The lowest BCUT2D eigenvalue weighted by atomic mass is 10.0. The van der Waals surface area contributed by atoms with Gasteiger partial charge in [-0.1, -0.05) is 60.7 Å². The molecule has 0 aromatic heterocycles. The first kappa shape index (κ1) is 20.5. The minimum atomic E-state index is -1.54. The van der Waals surface area contributed by atoms with Gasteiger partial charge in [-0.25, -0.2) is 0 Å². The average molecular weight is 362 g/mol. The topological polar surface area (TPSA) is 99.4 Å². The molecule has 6 nitrogen and oxygen atoms in total. The zero-order valence-corrected chi connectivity index (χ0v) is 14.5. The van der Waals surface area contributed by atoms with Crippen LogP contribution in [0.2, 0.25) is 0 Å². The molecule has 4 atom stereocenters. The van der Waals surface area contributed by atoms with Gasteiger partial charge in [0.1, 0.15) is 24.4 Å². The summed E-state index contributed by atoms with van der Waals surface area (Å²) in [5.74, 6) is 0. The van der Waals surface area contributed by atoms with E-state index in [9.17, 15) is 15.3 Å². The van der Waals surface area contributed by atoms with Crippen LogP contribution in [0.15, 0.2) is 60.7 Å². The average Bonchev–Trinajstić information content (AvgIpc) is 2.70. The molecule has 142 valence electrons. The molecule has 6 heteroatoms. The molecule has 2 aromatic carbocycles. The Kier molecular flexibility index (Phi) is 8.70. The highest BCUT2D eigenvalue weighted by Gasteiger charge is 2.32. The summed E-state index contributed by atoms with van der Waals surface area (Å²) < 4.78 is 11.3. The fourth-order valence-electron chi connectivity index (χ4n) is 2.45. The van der Waals surface area contributed by atoms with E-state index in [4.69, 9.17) is 14.6 Å². The van der Waals surface area contributed by atoms with Crippen molar-refractivity contribution in [2.45, 2.75) is 37.6 Å². The molecule has 0 unspecified atom stereocenters. The largest absolute Gasteiger partial charge is 0.394 e. The van der Waals surface area contributed by atoms with Crippen molar-refractivity contribution in [1.82, 2.24) is 0 Å². The summed E-state index contributed by atoms with van der Waals surface area (Å²) in [4.78, 5) is 0. The summed E-state index contributed by atoms with van der Waals surface area (Å²) in [6, 6.07) is 18.9. The van der Waals surface area contributed by atoms with E-state index in [2.05, 4.69) is 0 Å². The highest BCUT2D eigenvalue weighted by atomic mass is 16.5. The first-order valence-electron chi connectivity index (χ1n) is 8.54. The molecule has 0 heterocycles. The highest BCUT2D eigenvalue weighted by molar-refractivity contribution is 5.14. The van der Waals surface area contributed by atoms with Crippen LogP contribution in [0.5, 0.6) is 0 Å².